The Bertz CT molecular complexity index is 769. The molecule has 0 amide bonds. The first kappa shape index (κ1) is 19.1. The molecule has 148 valence electrons. The van der Waals surface area contributed by atoms with E-state index >= 15 is 0 Å². The van der Waals surface area contributed by atoms with Crippen LogP contribution >= 0.6 is 11.3 Å². The number of hydrogen-bond acceptors (Lipinski definition) is 6. The summed E-state index contributed by atoms with van der Waals surface area (Å²) in [6.45, 7) is 9.60. The van der Waals surface area contributed by atoms with Crippen molar-refractivity contribution in [1.82, 2.24) is 14.9 Å². The van der Waals surface area contributed by atoms with Gasteiger partial charge in [0.25, 0.3) is 0 Å². The van der Waals surface area contributed by atoms with Crippen LogP contribution in [-0.2, 0) is 4.74 Å². The zero-order valence-electron chi connectivity index (χ0n) is 16.9. The molecule has 0 spiro atoms. The van der Waals surface area contributed by atoms with Gasteiger partial charge < -0.3 is 14.5 Å². The van der Waals surface area contributed by atoms with E-state index < -0.39 is 0 Å². The van der Waals surface area contributed by atoms with Gasteiger partial charge >= 0.3 is 0 Å². The molecule has 0 radical (unpaired) electrons. The van der Waals surface area contributed by atoms with E-state index in [-0.39, 0.29) is 0 Å². The lowest BCUT2D eigenvalue weighted by atomic mass is 9.97. The maximum absolute atomic E-state index is 6.05. The van der Waals surface area contributed by atoms with Crippen molar-refractivity contribution in [2.24, 2.45) is 5.92 Å². The maximum atomic E-state index is 6.05. The zero-order chi connectivity index (χ0) is 18.8. The Balaban J connectivity index is 1.27. The predicted molar refractivity (Wildman–Crippen MR) is 113 cm³/mol. The first-order valence-electron chi connectivity index (χ1n) is 10.4. The lowest BCUT2D eigenvalue weighted by Crippen LogP contribution is -2.36. The minimum atomic E-state index is 0.685. The van der Waals surface area contributed by atoms with Crippen LogP contribution in [0, 0.1) is 19.8 Å². The third-order valence-corrected chi connectivity index (χ3v) is 7.60. The Labute approximate surface area is 166 Å². The van der Waals surface area contributed by atoms with Gasteiger partial charge in [0.2, 0.25) is 0 Å². The van der Waals surface area contributed by atoms with Crippen molar-refractivity contribution in [1.29, 1.82) is 0 Å². The minimum absolute atomic E-state index is 0.685. The molecule has 1 atom stereocenters. The van der Waals surface area contributed by atoms with Gasteiger partial charge in [0.1, 0.15) is 17.0 Å². The summed E-state index contributed by atoms with van der Waals surface area (Å²) in [5.41, 5.74) is 1.34. The van der Waals surface area contributed by atoms with Gasteiger partial charge in [-0.05, 0) is 71.0 Å². The summed E-state index contributed by atoms with van der Waals surface area (Å²) in [6.07, 6.45) is 7.98. The Morgan fingerprint density at radius 1 is 1.15 bits per heavy atom. The number of rotatable bonds is 6. The van der Waals surface area contributed by atoms with Crippen LogP contribution in [0.4, 0.5) is 5.82 Å². The van der Waals surface area contributed by atoms with Gasteiger partial charge in [0, 0.05) is 37.2 Å². The van der Waals surface area contributed by atoms with Crippen molar-refractivity contribution in [3.8, 4) is 0 Å². The molecule has 2 aliphatic rings. The molecule has 2 aliphatic heterocycles. The number of nitrogens with zero attached hydrogens (tertiary/aromatic N) is 4. The molecule has 6 heteroatoms. The summed E-state index contributed by atoms with van der Waals surface area (Å²) in [4.78, 5) is 16.5. The number of piperidine rings is 1. The molecule has 0 N–H and O–H groups in total. The van der Waals surface area contributed by atoms with E-state index in [1.807, 2.05) is 0 Å². The van der Waals surface area contributed by atoms with Gasteiger partial charge in [-0.25, -0.2) is 9.97 Å². The topological polar surface area (TPSA) is 41.5 Å². The van der Waals surface area contributed by atoms with Gasteiger partial charge in [0.05, 0.1) is 5.39 Å². The third-order valence-electron chi connectivity index (χ3n) is 6.48. The highest BCUT2D eigenvalue weighted by Crippen LogP contribution is 2.35. The molecule has 2 aromatic rings. The number of anilines is 1. The highest BCUT2D eigenvalue weighted by Gasteiger charge is 2.24. The van der Waals surface area contributed by atoms with Crippen LogP contribution < -0.4 is 4.90 Å². The highest BCUT2D eigenvalue weighted by molar-refractivity contribution is 7.18. The third kappa shape index (κ3) is 4.13. The lowest BCUT2D eigenvalue weighted by molar-refractivity contribution is 0.0769. The molecule has 27 heavy (non-hydrogen) atoms. The van der Waals surface area contributed by atoms with Crippen LogP contribution in [0.1, 0.15) is 42.5 Å². The minimum Gasteiger partial charge on any atom is -0.381 e. The SMILES string of the molecule is Cc1sc2ncnc(N3CCC(COCCC4CCCN4C)CC3)c2c1C. The Kier molecular flexibility index (Phi) is 5.95. The Morgan fingerprint density at radius 2 is 1.96 bits per heavy atom. The summed E-state index contributed by atoms with van der Waals surface area (Å²) in [7, 11) is 2.24. The number of aromatic nitrogens is 2. The van der Waals surface area contributed by atoms with Gasteiger partial charge in [-0.3, -0.25) is 0 Å². The summed E-state index contributed by atoms with van der Waals surface area (Å²) in [6, 6.07) is 0.740. The smallest absolute Gasteiger partial charge is 0.141 e. The summed E-state index contributed by atoms with van der Waals surface area (Å²) < 4.78 is 6.05. The van der Waals surface area contributed by atoms with Gasteiger partial charge in [0.15, 0.2) is 0 Å². The zero-order valence-corrected chi connectivity index (χ0v) is 17.7. The number of likely N-dealkylation sites (tertiary alicyclic amines) is 1. The highest BCUT2D eigenvalue weighted by atomic mass is 32.1. The molecule has 4 heterocycles. The summed E-state index contributed by atoms with van der Waals surface area (Å²) in [5, 5.41) is 1.26. The largest absolute Gasteiger partial charge is 0.381 e. The molecule has 4 rings (SSSR count). The standard InChI is InChI=1S/C21H32N4OS/c1-15-16(2)27-21-19(15)20(22-14-23-21)25-10-6-17(7-11-25)13-26-12-8-18-5-4-9-24(18)3/h14,17-18H,4-13H2,1-3H3. The molecule has 0 aromatic carbocycles. The number of hydrogen-bond donors (Lipinski definition) is 0. The normalized spacial score (nSPS) is 22.2. The van der Waals surface area contributed by atoms with Crippen LogP contribution in [0.15, 0.2) is 6.33 Å². The van der Waals surface area contributed by atoms with Crippen molar-refractivity contribution in [3.05, 3.63) is 16.8 Å². The van der Waals surface area contributed by atoms with E-state index in [9.17, 15) is 0 Å². The van der Waals surface area contributed by atoms with Crippen molar-refractivity contribution in [2.45, 2.75) is 52.0 Å². The molecule has 0 bridgehead atoms. The van der Waals surface area contributed by atoms with Crippen LogP contribution in [0.5, 0.6) is 0 Å². The predicted octanol–water partition coefficient (Wildman–Crippen LogP) is 4.03. The van der Waals surface area contributed by atoms with Crippen molar-refractivity contribution in [2.75, 3.05) is 44.8 Å². The van der Waals surface area contributed by atoms with Crippen LogP contribution in [0.25, 0.3) is 10.2 Å². The average molecular weight is 389 g/mol. The van der Waals surface area contributed by atoms with E-state index in [1.165, 1.54) is 54.5 Å². The van der Waals surface area contributed by atoms with Crippen LogP contribution in [0.2, 0.25) is 0 Å². The van der Waals surface area contributed by atoms with Crippen molar-refractivity contribution >= 4 is 27.4 Å². The van der Waals surface area contributed by atoms with Crippen LogP contribution in [0.3, 0.4) is 0 Å². The summed E-state index contributed by atoms with van der Waals surface area (Å²) >= 11 is 1.78. The lowest BCUT2D eigenvalue weighted by Gasteiger charge is -2.33. The van der Waals surface area contributed by atoms with E-state index in [0.717, 1.165) is 43.0 Å². The molecule has 2 saturated heterocycles. The van der Waals surface area contributed by atoms with Crippen LogP contribution in [-0.4, -0.2) is 60.8 Å². The first-order chi connectivity index (χ1) is 13.1. The number of fused-ring (bicyclic) bond motifs is 1. The second-order valence-corrected chi connectivity index (χ2v) is 9.43. The van der Waals surface area contributed by atoms with E-state index in [2.05, 4.69) is 40.7 Å². The monoisotopic (exact) mass is 388 g/mol. The molecule has 2 fully saturated rings. The number of ether oxygens (including phenoxy) is 1. The Morgan fingerprint density at radius 3 is 2.70 bits per heavy atom. The fraction of sp³-hybridized carbons (Fsp3) is 0.714. The quantitative estimate of drug-likeness (QED) is 0.699. The number of aryl methyl sites for hydroxylation is 2. The molecular weight excluding hydrogens is 356 g/mol. The summed E-state index contributed by atoms with van der Waals surface area (Å²) in [5.74, 6) is 1.82. The second kappa shape index (κ2) is 8.41. The molecular formula is C21H32N4OS. The first-order valence-corrected chi connectivity index (χ1v) is 11.2. The van der Waals surface area contributed by atoms with Crippen molar-refractivity contribution in [3.63, 3.8) is 0 Å². The van der Waals surface area contributed by atoms with E-state index in [4.69, 9.17) is 4.74 Å². The second-order valence-electron chi connectivity index (χ2n) is 8.23. The number of thiophene rings is 1. The molecule has 2 aromatic heterocycles. The van der Waals surface area contributed by atoms with Gasteiger partial charge in [-0.15, -0.1) is 11.3 Å². The molecule has 0 saturated carbocycles. The van der Waals surface area contributed by atoms with Gasteiger partial charge in [-0.1, -0.05) is 0 Å². The van der Waals surface area contributed by atoms with E-state index in [1.54, 1.807) is 17.7 Å². The van der Waals surface area contributed by atoms with Crippen molar-refractivity contribution < 1.29 is 4.74 Å². The fourth-order valence-electron chi connectivity index (χ4n) is 4.53. The maximum Gasteiger partial charge on any atom is 0.141 e. The average Bonchev–Trinajstić information content (AvgIpc) is 3.22. The molecule has 5 nitrogen and oxygen atoms in total. The van der Waals surface area contributed by atoms with E-state index in [0.29, 0.717) is 5.92 Å². The molecule has 0 aliphatic carbocycles. The fourth-order valence-corrected chi connectivity index (χ4v) is 5.52. The Hall–Kier alpha value is -1.24. The van der Waals surface area contributed by atoms with Gasteiger partial charge in [-0.2, -0.15) is 0 Å². The molecule has 1 unspecified atom stereocenters.